The van der Waals surface area contributed by atoms with Gasteiger partial charge in [-0.2, -0.15) is 4.98 Å². The Morgan fingerprint density at radius 2 is 2.08 bits per heavy atom. The summed E-state index contributed by atoms with van der Waals surface area (Å²) in [6.45, 7) is 4.99. The average Bonchev–Trinajstić information content (AvgIpc) is 2.88. The Morgan fingerprint density at radius 1 is 1.33 bits per heavy atom. The van der Waals surface area contributed by atoms with Crippen molar-refractivity contribution in [2.75, 3.05) is 5.32 Å². The van der Waals surface area contributed by atoms with E-state index in [1.54, 1.807) is 26.0 Å². The van der Waals surface area contributed by atoms with Crippen LogP contribution in [0.5, 0.6) is 0 Å². The summed E-state index contributed by atoms with van der Waals surface area (Å²) >= 11 is 5.95. The van der Waals surface area contributed by atoms with Crippen molar-refractivity contribution in [3.05, 3.63) is 50.7 Å². The third kappa shape index (κ3) is 2.90. The molecule has 124 valence electrons. The first-order valence-corrected chi connectivity index (χ1v) is 7.64. The van der Waals surface area contributed by atoms with Gasteiger partial charge in [0.15, 0.2) is 0 Å². The molecule has 0 aliphatic heterocycles. The topological polar surface area (TPSA) is 90.0 Å². The standard InChI is InChI=1S/C16H15ClN4O3/c1-8-4-5-11(17)6-12(8)19-13(22)7-21-10(3)18-15-14(16(21)23)9(2)20-24-15/h4-6H,7H2,1-3H3,(H,19,22). The third-order valence-electron chi connectivity index (χ3n) is 3.73. The van der Waals surface area contributed by atoms with Crippen LogP contribution in [0.3, 0.4) is 0 Å². The first-order valence-electron chi connectivity index (χ1n) is 7.26. The molecular formula is C16H15ClN4O3. The minimum atomic E-state index is -0.353. The van der Waals surface area contributed by atoms with Crippen LogP contribution < -0.4 is 10.9 Å². The van der Waals surface area contributed by atoms with E-state index in [-0.39, 0.29) is 29.1 Å². The molecule has 1 amide bonds. The van der Waals surface area contributed by atoms with Crippen molar-refractivity contribution in [1.29, 1.82) is 0 Å². The minimum absolute atomic E-state index is 0.163. The summed E-state index contributed by atoms with van der Waals surface area (Å²) in [5.74, 6) is 0.0300. The second kappa shape index (κ2) is 6.09. The Bertz CT molecular complexity index is 1010. The van der Waals surface area contributed by atoms with Crippen molar-refractivity contribution in [2.45, 2.75) is 27.3 Å². The maximum absolute atomic E-state index is 12.6. The lowest BCUT2D eigenvalue weighted by atomic mass is 10.2. The smallest absolute Gasteiger partial charge is 0.267 e. The predicted octanol–water partition coefficient (Wildman–Crippen LogP) is 2.60. The van der Waals surface area contributed by atoms with Crippen molar-refractivity contribution >= 4 is 34.3 Å². The SMILES string of the molecule is Cc1ccc(Cl)cc1NC(=O)Cn1c(C)nc2onc(C)c2c1=O. The highest BCUT2D eigenvalue weighted by molar-refractivity contribution is 6.31. The highest BCUT2D eigenvalue weighted by Crippen LogP contribution is 2.20. The molecule has 3 rings (SSSR count). The van der Waals surface area contributed by atoms with Crippen molar-refractivity contribution in [2.24, 2.45) is 0 Å². The first kappa shape index (κ1) is 16.2. The fourth-order valence-electron chi connectivity index (χ4n) is 2.42. The largest absolute Gasteiger partial charge is 0.335 e. The molecule has 2 heterocycles. The molecule has 3 aromatic rings. The second-order valence-electron chi connectivity index (χ2n) is 5.51. The number of anilines is 1. The number of carbonyl (C=O) groups is 1. The first-order chi connectivity index (χ1) is 11.4. The fraction of sp³-hybridized carbons (Fsp3) is 0.250. The van der Waals surface area contributed by atoms with E-state index < -0.39 is 0 Å². The molecule has 2 aromatic heterocycles. The van der Waals surface area contributed by atoms with Gasteiger partial charge in [0.2, 0.25) is 5.91 Å². The molecule has 0 spiro atoms. The van der Waals surface area contributed by atoms with E-state index in [2.05, 4.69) is 15.5 Å². The van der Waals surface area contributed by atoms with Crippen LogP contribution in [-0.4, -0.2) is 20.6 Å². The highest BCUT2D eigenvalue weighted by atomic mass is 35.5. The zero-order chi connectivity index (χ0) is 17.4. The number of aromatic nitrogens is 3. The number of fused-ring (bicyclic) bond motifs is 1. The van der Waals surface area contributed by atoms with E-state index in [9.17, 15) is 9.59 Å². The quantitative estimate of drug-likeness (QED) is 0.787. The van der Waals surface area contributed by atoms with Crippen molar-refractivity contribution in [1.82, 2.24) is 14.7 Å². The van der Waals surface area contributed by atoms with E-state index in [4.69, 9.17) is 16.1 Å². The molecule has 0 aliphatic rings. The zero-order valence-corrected chi connectivity index (χ0v) is 14.1. The number of nitrogens with one attached hydrogen (secondary N) is 1. The Balaban J connectivity index is 1.92. The van der Waals surface area contributed by atoms with Crippen LogP contribution in [0, 0.1) is 20.8 Å². The van der Waals surface area contributed by atoms with Crippen LogP contribution in [0.25, 0.3) is 11.1 Å². The van der Waals surface area contributed by atoms with Gasteiger partial charge >= 0.3 is 0 Å². The van der Waals surface area contributed by atoms with Gasteiger partial charge < -0.3 is 9.84 Å². The molecule has 0 radical (unpaired) electrons. The summed E-state index contributed by atoms with van der Waals surface area (Å²) in [4.78, 5) is 29.1. The molecule has 8 heteroatoms. The fourth-order valence-corrected chi connectivity index (χ4v) is 2.59. The molecular weight excluding hydrogens is 332 g/mol. The van der Waals surface area contributed by atoms with Gasteiger partial charge in [-0.15, -0.1) is 0 Å². The number of halogens is 1. The highest BCUT2D eigenvalue weighted by Gasteiger charge is 2.17. The van der Waals surface area contributed by atoms with Gasteiger partial charge in [-0.1, -0.05) is 22.8 Å². The van der Waals surface area contributed by atoms with Crippen LogP contribution in [0.4, 0.5) is 5.69 Å². The van der Waals surface area contributed by atoms with Crippen LogP contribution in [0.1, 0.15) is 17.1 Å². The normalized spacial score (nSPS) is 11.0. The van der Waals surface area contributed by atoms with Gasteiger partial charge in [0, 0.05) is 10.7 Å². The van der Waals surface area contributed by atoms with Gasteiger partial charge in [-0.3, -0.25) is 14.2 Å². The van der Waals surface area contributed by atoms with Crippen molar-refractivity contribution in [3.63, 3.8) is 0 Å². The summed E-state index contributed by atoms with van der Waals surface area (Å²) in [5.41, 5.74) is 1.75. The molecule has 0 bridgehead atoms. The van der Waals surface area contributed by atoms with Gasteiger partial charge in [0.25, 0.3) is 11.3 Å². The Hall–Kier alpha value is -2.67. The number of hydrogen-bond acceptors (Lipinski definition) is 5. The van der Waals surface area contributed by atoms with Crippen LogP contribution >= 0.6 is 11.6 Å². The number of carbonyl (C=O) groups excluding carboxylic acids is 1. The Morgan fingerprint density at radius 3 is 2.83 bits per heavy atom. The number of amides is 1. The van der Waals surface area contributed by atoms with Gasteiger partial charge in [0.05, 0.1) is 5.69 Å². The number of benzene rings is 1. The van der Waals surface area contributed by atoms with Gasteiger partial charge in [-0.05, 0) is 38.5 Å². The molecule has 0 saturated heterocycles. The summed E-state index contributed by atoms with van der Waals surface area (Å²) in [6, 6.07) is 5.22. The third-order valence-corrected chi connectivity index (χ3v) is 3.97. The summed E-state index contributed by atoms with van der Waals surface area (Å²) in [7, 11) is 0. The monoisotopic (exact) mass is 346 g/mol. The summed E-state index contributed by atoms with van der Waals surface area (Å²) < 4.78 is 6.30. The molecule has 0 saturated carbocycles. The molecule has 0 unspecified atom stereocenters. The van der Waals surface area contributed by atoms with Gasteiger partial charge in [-0.25, -0.2) is 0 Å². The number of rotatable bonds is 3. The average molecular weight is 347 g/mol. The van der Waals surface area contributed by atoms with Crippen LogP contribution in [0.15, 0.2) is 27.5 Å². The maximum Gasteiger partial charge on any atom is 0.267 e. The van der Waals surface area contributed by atoms with Crippen molar-refractivity contribution in [3.8, 4) is 0 Å². The molecule has 0 atom stereocenters. The van der Waals surface area contributed by atoms with E-state index in [0.29, 0.717) is 22.2 Å². The second-order valence-corrected chi connectivity index (χ2v) is 5.94. The maximum atomic E-state index is 12.6. The lowest BCUT2D eigenvalue weighted by molar-refractivity contribution is -0.116. The van der Waals surface area contributed by atoms with E-state index in [1.807, 2.05) is 13.0 Å². The number of aryl methyl sites for hydroxylation is 3. The summed E-state index contributed by atoms with van der Waals surface area (Å²) in [6.07, 6.45) is 0. The van der Waals surface area contributed by atoms with E-state index >= 15 is 0 Å². The lowest BCUT2D eigenvalue weighted by Crippen LogP contribution is -2.30. The van der Waals surface area contributed by atoms with E-state index in [0.717, 1.165) is 5.56 Å². The molecule has 7 nitrogen and oxygen atoms in total. The summed E-state index contributed by atoms with van der Waals surface area (Å²) in [5, 5.41) is 7.31. The number of hydrogen-bond donors (Lipinski definition) is 1. The molecule has 24 heavy (non-hydrogen) atoms. The molecule has 0 aliphatic carbocycles. The molecule has 0 fully saturated rings. The van der Waals surface area contributed by atoms with Gasteiger partial charge in [0.1, 0.15) is 17.8 Å². The van der Waals surface area contributed by atoms with Crippen LogP contribution in [-0.2, 0) is 11.3 Å². The Kier molecular flexibility index (Phi) is 4.11. The number of nitrogens with zero attached hydrogens (tertiary/aromatic N) is 3. The van der Waals surface area contributed by atoms with Crippen molar-refractivity contribution < 1.29 is 9.32 Å². The van der Waals surface area contributed by atoms with E-state index in [1.165, 1.54) is 4.57 Å². The molecule has 1 aromatic carbocycles. The predicted molar refractivity (Wildman–Crippen MR) is 90.4 cm³/mol. The molecule has 1 N–H and O–H groups in total. The van der Waals surface area contributed by atoms with Crippen LogP contribution in [0.2, 0.25) is 5.02 Å². The zero-order valence-electron chi connectivity index (χ0n) is 13.4. The minimum Gasteiger partial charge on any atom is -0.335 e. The Labute approximate surface area is 142 Å². The lowest BCUT2D eigenvalue weighted by Gasteiger charge is -2.11.